The van der Waals surface area contributed by atoms with E-state index < -0.39 is 0 Å². The lowest BCUT2D eigenvalue weighted by Gasteiger charge is -2.15. The van der Waals surface area contributed by atoms with E-state index in [2.05, 4.69) is 41.4 Å². The van der Waals surface area contributed by atoms with Crippen molar-refractivity contribution in [2.45, 2.75) is 25.7 Å². The van der Waals surface area contributed by atoms with Gasteiger partial charge in [0.25, 0.3) is 0 Å². The Balaban J connectivity index is 1.10. The van der Waals surface area contributed by atoms with Gasteiger partial charge >= 0.3 is 0 Å². The van der Waals surface area contributed by atoms with Crippen LogP contribution >= 0.6 is 0 Å². The fourth-order valence-corrected chi connectivity index (χ4v) is 6.15. The van der Waals surface area contributed by atoms with Crippen molar-refractivity contribution in [2.24, 2.45) is 5.92 Å². The number of aromatic amines is 2. The van der Waals surface area contributed by atoms with Gasteiger partial charge in [-0.05, 0) is 86.3 Å². The first-order valence-electron chi connectivity index (χ1n) is 15.5. The minimum atomic E-state index is -0.333. The molecule has 226 valence electrons. The van der Waals surface area contributed by atoms with Gasteiger partial charge in [0.05, 0.1) is 35.0 Å². The van der Waals surface area contributed by atoms with E-state index in [1.165, 1.54) is 18.9 Å². The standard InChI is InChI=1S/C35H32FN7O2/c36-24-12-22(14-26(15-24)45-11-10-43-8-1-2-9-43)27-4-3-5-30-28(27)16-32(40-30)34-29-17-31(38-20-33(29)41-42-34)23-13-25(19-37-18-23)39-35(44)21-6-7-21/h3-5,12-21,40H,1-2,6-11H2,(H,39,44)(H,41,42). The number of fused-ring (bicyclic) bond motifs is 2. The van der Waals surface area contributed by atoms with Crippen molar-refractivity contribution in [1.29, 1.82) is 0 Å². The van der Waals surface area contributed by atoms with Crippen LogP contribution in [0, 0.1) is 11.7 Å². The third kappa shape index (κ3) is 5.64. The molecule has 1 saturated heterocycles. The summed E-state index contributed by atoms with van der Waals surface area (Å²) in [4.78, 5) is 27.1. The molecular formula is C35H32FN7O2. The summed E-state index contributed by atoms with van der Waals surface area (Å²) >= 11 is 0. The third-order valence-electron chi connectivity index (χ3n) is 8.67. The number of pyridine rings is 2. The SMILES string of the molecule is O=C(Nc1cncc(-c2cc3c(-c4cc5c(-c6cc(F)cc(OCCN7CCCC7)c6)cccc5[nH]4)n[nH]c3cn2)c1)C1CC1. The Morgan fingerprint density at radius 2 is 1.87 bits per heavy atom. The van der Waals surface area contributed by atoms with Crippen molar-refractivity contribution in [3.63, 3.8) is 0 Å². The first kappa shape index (κ1) is 27.5. The molecule has 0 radical (unpaired) electrons. The van der Waals surface area contributed by atoms with E-state index in [0.29, 0.717) is 23.7 Å². The zero-order valence-corrected chi connectivity index (χ0v) is 24.6. The maximum atomic E-state index is 14.8. The number of amides is 1. The first-order valence-corrected chi connectivity index (χ1v) is 15.5. The molecule has 2 aliphatic rings. The van der Waals surface area contributed by atoms with Crippen LogP contribution in [0.4, 0.5) is 10.1 Å². The molecule has 0 spiro atoms. The van der Waals surface area contributed by atoms with Gasteiger partial charge in [-0.2, -0.15) is 5.10 Å². The smallest absolute Gasteiger partial charge is 0.227 e. The number of nitrogens with zero attached hydrogens (tertiary/aromatic N) is 4. The molecule has 1 saturated carbocycles. The van der Waals surface area contributed by atoms with E-state index in [4.69, 9.17) is 4.74 Å². The van der Waals surface area contributed by atoms with Gasteiger partial charge in [-0.3, -0.25) is 24.8 Å². The molecule has 9 nitrogen and oxygen atoms in total. The van der Waals surface area contributed by atoms with Crippen LogP contribution in [0.25, 0.3) is 55.6 Å². The lowest BCUT2D eigenvalue weighted by atomic mass is 10.0. The second-order valence-corrected chi connectivity index (χ2v) is 11.9. The Kier molecular flexibility index (Phi) is 6.98. The Bertz CT molecular complexity index is 2040. The molecule has 1 amide bonds. The predicted octanol–water partition coefficient (Wildman–Crippen LogP) is 6.80. The highest BCUT2D eigenvalue weighted by Gasteiger charge is 2.29. The highest BCUT2D eigenvalue weighted by Crippen LogP contribution is 2.36. The largest absolute Gasteiger partial charge is 0.492 e. The molecule has 10 heteroatoms. The average molecular weight is 602 g/mol. The van der Waals surface area contributed by atoms with Crippen LogP contribution < -0.4 is 10.1 Å². The second kappa shape index (κ2) is 11.4. The summed E-state index contributed by atoms with van der Waals surface area (Å²) in [7, 11) is 0. The highest BCUT2D eigenvalue weighted by molar-refractivity contribution is 6.01. The summed E-state index contributed by atoms with van der Waals surface area (Å²) in [6, 6.07) is 16.8. The lowest BCUT2D eigenvalue weighted by molar-refractivity contribution is -0.117. The normalized spacial score (nSPS) is 15.2. The zero-order chi connectivity index (χ0) is 30.3. The van der Waals surface area contributed by atoms with Crippen LogP contribution in [0.3, 0.4) is 0 Å². The number of hydrogen-bond acceptors (Lipinski definition) is 6. The van der Waals surface area contributed by atoms with Crippen molar-refractivity contribution in [2.75, 3.05) is 31.6 Å². The van der Waals surface area contributed by atoms with Crippen LogP contribution in [0.15, 0.2) is 73.2 Å². The number of carbonyl (C=O) groups excluding carboxylic acids is 1. The summed E-state index contributed by atoms with van der Waals surface area (Å²) in [5, 5.41) is 12.5. The van der Waals surface area contributed by atoms with Gasteiger partial charge in [0.2, 0.25) is 5.91 Å². The van der Waals surface area contributed by atoms with Crippen LogP contribution in [-0.4, -0.2) is 62.2 Å². The van der Waals surface area contributed by atoms with E-state index in [0.717, 1.165) is 82.4 Å². The van der Waals surface area contributed by atoms with E-state index in [1.807, 2.05) is 36.4 Å². The molecule has 0 unspecified atom stereocenters. The molecule has 3 N–H and O–H groups in total. The Morgan fingerprint density at radius 3 is 2.73 bits per heavy atom. The van der Waals surface area contributed by atoms with Crippen molar-refractivity contribution in [1.82, 2.24) is 30.0 Å². The summed E-state index contributed by atoms with van der Waals surface area (Å²) in [5.41, 5.74) is 7.08. The van der Waals surface area contributed by atoms with Gasteiger partial charge in [0.1, 0.15) is 23.9 Å². The topological polar surface area (TPSA) is 112 Å². The molecule has 45 heavy (non-hydrogen) atoms. The Hall–Kier alpha value is -5.09. The highest BCUT2D eigenvalue weighted by atomic mass is 19.1. The molecule has 5 heterocycles. The van der Waals surface area contributed by atoms with Crippen LogP contribution in [0.2, 0.25) is 0 Å². The number of ether oxygens (including phenoxy) is 1. The van der Waals surface area contributed by atoms with E-state index in [9.17, 15) is 9.18 Å². The number of carbonyl (C=O) groups is 1. The second-order valence-electron chi connectivity index (χ2n) is 11.9. The maximum Gasteiger partial charge on any atom is 0.227 e. The fraction of sp³-hybridized carbons (Fsp3) is 0.257. The van der Waals surface area contributed by atoms with Crippen molar-refractivity contribution in [3.8, 4) is 39.5 Å². The Morgan fingerprint density at radius 1 is 0.978 bits per heavy atom. The average Bonchev–Trinajstić information content (AvgIpc) is 3.40. The molecule has 0 atom stereocenters. The van der Waals surface area contributed by atoms with Crippen LogP contribution in [-0.2, 0) is 4.79 Å². The molecule has 1 aliphatic heterocycles. The quantitative estimate of drug-likeness (QED) is 0.168. The molecule has 0 bridgehead atoms. The molecule has 2 fully saturated rings. The number of H-pyrrole nitrogens is 2. The third-order valence-corrected chi connectivity index (χ3v) is 8.67. The number of rotatable bonds is 9. The Labute approximate surface area is 258 Å². The van der Waals surface area contributed by atoms with Crippen LogP contribution in [0.1, 0.15) is 25.7 Å². The van der Waals surface area contributed by atoms with Crippen molar-refractivity contribution >= 4 is 33.4 Å². The summed E-state index contributed by atoms with van der Waals surface area (Å²) in [6.45, 7) is 3.57. The minimum absolute atomic E-state index is 0.0344. The lowest BCUT2D eigenvalue weighted by Crippen LogP contribution is -2.25. The van der Waals surface area contributed by atoms with Crippen molar-refractivity contribution < 1.29 is 13.9 Å². The number of likely N-dealkylation sites (tertiary alicyclic amines) is 1. The summed E-state index contributed by atoms with van der Waals surface area (Å²) in [5.74, 6) is 0.336. The molecular weight excluding hydrogens is 569 g/mol. The molecule has 6 aromatic rings. The van der Waals surface area contributed by atoms with Crippen molar-refractivity contribution in [3.05, 3.63) is 79.0 Å². The number of hydrogen-bond donors (Lipinski definition) is 3. The van der Waals surface area contributed by atoms with Gasteiger partial charge in [-0.15, -0.1) is 0 Å². The van der Waals surface area contributed by atoms with Gasteiger partial charge in [0, 0.05) is 46.6 Å². The van der Waals surface area contributed by atoms with Gasteiger partial charge < -0.3 is 15.0 Å². The van der Waals surface area contributed by atoms with E-state index >= 15 is 0 Å². The number of nitrogens with one attached hydrogen (secondary N) is 3. The van der Waals surface area contributed by atoms with Gasteiger partial charge in [0.15, 0.2) is 0 Å². The molecule has 1 aliphatic carbocycles. The van der Waals surface area contributed by atoms with E-state index in [-0.39, 0.29) is 17.6 Å². The van der Waals surface area contributed by atoms with Gasteiger partial charge in [-0.1, -0.05) is 12.1 Å². The predicted molar refractivity (Wildman–Crippen MR) is 172 cm³/mol. The number of anilines is 1. The molecule has 4 aromatic heterocycles. The maximum absolute atomic E-state index is 14.8. The zero-order valence-electron chi connectivity index (χ0n) is 24.6. The van der Waals surface area contributed by atoms with Gasteiger partial charge in [-0.25, -0.2) is 4.39 Å². The molecule has 2 aromatic carbocycles. The molecule has 8 rings (SSSR count). The number of aromatic nitrogens is 5. The number of benzene rings is 2. The summed E-state index contributed by atoms with van der Waals surface area (Å²) in [6.07, 6.45) is 9.47. The monoisotopic (exact) mass is 601 g/mol. The van der Waals surface area contributed by atoms with Crippen LogP contribution in [0.5, 0.6) is 5.75 Å². The number of halogens is 1. The first-order chi connectivity index (χ1) is 22.1. The summed E-state index contributed by atoms with van der Waals surface area (Å²) < 4.78 is 20.8. The fourth-order valence-electron chi connectivity index (χ4n) is 6.15. The minimum Gasteiger partial charge on any atom is -0.492 e. The van der Waals surface area contributed by atoms with E-state index in [1.54, 1.807) is 24.7 Å².